The Kier molecular flexibility index (Phi) is 12.2. The molecule has 1 heterocycles. The number of primary amides is 1. The number of aliphatic hydroxyl groups excluding tert-OH is 1. The minimum atomic E-state index is -1.58. The van der Waals surface area contributed by atoms with Gasteiger partial charge in [-0.2, -0.15) is 0 Å². The topological polar surface area (TPSA) is 269 Å². The van der Waals surface area contributed by atoms with Crippen LogP contribution in [0, 0.1) is 0 Å². The first kappa shape index (κ1) is 28.5. The first-order chi connectivity index (χ1) is 16.1. The standard InChI is InChI=1S/C19H32N8O7/c20-4-2-1-3-12(17(31)27-14(8-28)19(33)34)25-18(32)13(6-15(22)29)26-16(30)11(21)5-10-7-23-9-24-10/h7,9,11-14,28H,1-6,8,20-21H2,(H2,22,29)(H,23,24)(H,25,32)(H,26,30)(H,27,31)(H,33,34). The van der Waals surface area contributed by atoms with E-state index in [1.54, 1.807) is 0 Å². The predicted octanol–water partition coefficient (Wildman–Crippen LogP) is -4.18. The van der Waals surface area contributed by atoms with Gasteiger partial charge in [-0.15, -0.1) is 0 Å². The van der Waals surface area contributed by atoms with Crippen LogP contribution in [0.4, 0.5) is 0 Å². The minimum absolute atomic E-state index is 0.0819. The second-order valence-electron chi connectivity index (χ2n) is 7.55. The Morgan fingerprint density at radius 3 is 2.15 bits per heavy atom. The number of rotatable bonds is 16. The highest BCUT2D eigenvalue weighted by Gasteiger charge is 2.30. The molecule has 4 amide bonds. The summed E-state index contributed by atoms with van der Waals surface area (Å²) >= 11 is 0. The van der Waals surface area contributed by atoms with Crippen LogP contribution in [0.3, 0.4) is 0 Å². The molecule has 190 valence electrons. The zero-order valence-corrected chi connectivity index (χ0v) is 18.5. The van der Waals surface area contributed by atoms with Gasteiger partial charge in [0, 0.05) is 18.3 Å². The second kappa shape index (κ2) is 14.6. The van der Waals surface area contributed by atoms with Crippen molar-refractivity contribution in [2.45, 2.75) is 56.3 Å². The van der Waals surface area contributed by atoms with Crippen LogP contribution in [0.15, 0.2) is 12.5 Å². The van der Waals surface area contributed by atoms with Gasteiger partial charge in [0.15, 0.2) is 0 Å². The summed E-state index contributed by atoms with van der Waals surface area (Å²) in [7, 11) is 0. The molecule has 0 spiro atoms. The monoisotopic (exact) mass is 484 g/mol. The Hall–Kier alpha value is -3.56. The molecule has 0 aromatic carbocycles. The molecule has 15 heteroatoms. The van der Waals surface area contributed by atoms with E-state index >= 15 is 0 Å². The number of carboxylic acid groups (broad SMARTS) is 1. The lowest BCUT2D eigenvalue weighted by Crippen LogP contribution is -2.58. The number of carbonyl (C=O) groups excluding carboxylic acids is 4. The van der Waals surface area contributed by atoms with Crippen LogP contribution >= 0.6 is 0 Å². The van der Waals surface area contributed by atoms with Crippen LogP contribution in [0.2, 0.25) is 0 Å². The minimum Gasteiger partial charge on any atom is -0.480 e. The van der Waals surface area contributed by atoms with Gasteiger partial charge in [-0.1, -0.05) is 0 Å². The van der Waals surface area contributed by atoms with Crippen molar-refractivity contribution in [1.29, 1.82) is 0 Å². The van der Waals surface area contributed by atoms with Crippen molar-refractivity contribution < 1.29 is 34.2 Å². The molecule has 15 nitrogen and oxygen atoms in total. The Labute approximate surface area is 195 Å². The lowest BCUT2D eigenvalue weighted by molar-refractivity contribution is -0.143. The molecule has 0 bridgehead atoms. The number of nitrogens with one attached hydrogen (secondary N) is 4. The molecule has 4 atom stereocenters. The number of imidazole rings is 1. The van der Waals surface area contributed by atoms with E-state index in [1.165, 1.54) is 12.5 Å². The van der Waals surface area contributed by atoms with Gasteiger partial charge >= 0.3 is 5.97 Å². The molecule has 0 saturated heterocycles. The fourth-order valence-corrected chi connectivity index (χ4v) is 2.91. The molecule has 12 N–H and O–H groups in total. The largest absolute Gasteiger partial charge is 0.480 e. The highest BCUT2D eigenvalue weighted by molar-refractivity contribution is 5.96. The number of nitrogens with two attached hydrogens (primary N) is 3. The molecule has 0 fully saturated rings. The molecular weight excluding hydrogens is 452 g/mol. The molecule has 0 aliphatic heterocycles. The van der Waals surface area contributed by atoms with E-state index in [1.807, 2.05) is 0 Å². The third-order valence-electron chi connectivity index (χ3n) is 4.75. The average Bonchev–Trinajstić information content (AvgIpc) is 3.28. The number of nitrogens with zero attached hydrogens (tertiary/aromatic N) is 1. The van der Waals surface area contributed by atoms with Crippen molar-refractivity contribution >= 4 is 29.6 Å². The Morgan fingerprint density at radius 1 is 1.00 bits per heavy atom. The average molecular weight is 485 g/mol. The predicted molar refractivity (Wildman–Crippen MR) is 117 cm³/mol. The molecule has 0 radical (unpaired) electrons. The zero-order valence-electron chi connectivity index (χ0n) is 18.5. The van der Waals surface area contributed by atoms with Crippen molar-refractivity contribution in [2.75, 3.05) is 13.2 Å². The number of hydrogen-bond donors (Lipinski definition) is 9. The lowest BCUT2D eigenvalue weighted by atomic mass is 10.1. The molecule has 4 unspecified atom stereocenters. The number of aliphatic hydroxyl groups is 1. The Balaban J connectivity index is 2.91. The van der Waals surface area contributed by atoms with Crippen LogP contribution in [0.1, 0.15) is 31.4 Å². The quantitative estimate of drug-likeness (QED) is 0.102. The number of carboxylic acids is 1. The number of aromatic amines is 1. The SMILES string of the molecule is NCCCCC(NC(=O)C(CC(N)=O)NC(=O)C(N)Cc1cnc[nH]1)C(=O)NC(CO)C(=O)O. The van der Waals surface area contributed by atoms with Crippen molar-refractivity contribution in [2.24, 2.45) is 17.2 Å². The Bertz CT molecular complexity index is 833. The highest BCUT2D eigenvalue weighted by Crippen LogP contribution is 2.05. The molecule has 0 aliphatic rings. The van der Waals surface area contributed by atoms with Crippen LogP contribution in [0.5, 0.6) is 0 Å². The van der Waals surface area contributed by atoms with Gasteiger partial charge in [-0.25, -0.2) is 9.78 Å². The van der Waals surface area contributed by atoms with E-state index in [-0.39, 0.29) is 12.8 Å². The molecule has 0 saturated carbocycles. The van der Waals surface area contributed by atoms with Crippen LogP contribution < -0.4 is 33.2 Å². The summed E-state index contributed by atoms with van der Waals surface area (Å²) in [6.07, 6.45) is 3.41. The first-order valence-corrected chi connectivity index (χ1v) is 10.5. The summed E-state index contributed by atoms with van der Waals surface area (Å²) < 4.78 is 0. The van der Waals surface area contributed by atoms with Gasteiger partial charge in [0.1, 0.15) is 18.1 Å². The summed E-state index contributed by atoms with van der Waals surface area (Å²) in [5.74, 6) is -4.87. The van der Waals surface area contributed by atoms with E-state index in [0.717, 1.165) is 0 Å². The van der Waals surface area contributed by atoms with Crippen LogP contribution in [-0.4, -0.2) is 87.1 Å². The fraction of sp³-hybridized carbons (Fsp3) is 0.579. The molecule has 1 rings (SSSR count). The van der Waals surface area contributed by atoms with E-state index in [9.17, 15) is 24.0 Å². The van der Waals surface area contributed by atoms with Crippen molar-refractivity contribution in [3.8, 4) is 0 Å². The number of unbranched alkanes of at least 4 members (excludes halogenated alkanes) is 1. The van der Waals surface area contributed by atoms with Crippen molar-refractivity contribution in [3.05, 3.63) is 18.2 Å². The summed E-state index contributed by atoms with van der Waals surface area (Å²) in [6, 6.07) is -5.31. The van der Waals surface area contributed by atoms with Gasteiger partial charge in [-0.3, -0.25) is 19.2 Å². The molecule has 1 aromatic rings. The first-order valence-electron chi connectivity index (χ1n) is 10.5. The summed E-state index contributed by atoms with van der Waals surface area (Å²) in [6.45, 7) is -0.537. The summed E-state index contributed by atoms with van der Waals surface area (Å²) in [5.41, 5.74) is 17.1. The number of aliphatic carboxylic acids is 1. The maximum atomic E-state index is 12.8. The Morgan fingerprint density at radius 2 is 1.62 bits per heavy atom. The third-order valence-corrected chi connectivity index (χ3v) is 4.75. The number of amides is 4. The summed E-state index contributed by atoms with van der Waals surface area (Å²) in [4.78, 5) is 67.0. The third kappa shape index (κ3) is 9.93. The maximum absolute atomic E-state index is 12.8. The van der Waals surface area contributed by atoms with Crippen molar-refractivity contribution in [1.82, 2.24) is 25.9 Å². The zero-order chi connectivity index (χ0) is 25.7. The fourth-order valence-electron chi connectivity index (χ4n) is 2.91. The molecule has 34 heavy (non-hydrogen) atoms. The maximum Gasteiger partial charge on any atom is 0.328 e. The molecule has 0 aliphatic carbocycles. The van der Waals surface area contributed by atoms with Gasteiger partial charge in [0.25, 0.3) is 0 Å². The van der Waals surface area contributed by atoms with Gasteiger partial charge in [0.2, 0.25) is 23.6 Å². The van der Waals surface area contributed by atoms with E-state index in [0.29, 0.717) is 25.1 Å². The smallest absolute Gasteiger partial charge is 0.328 e. The molecular formula is C19H32N8O7. The number of carbonyl (C=O) groups is 5. The van der Waals surface area contributed by atoms with E-state index in [4.69, 9.17) is 27.4 Å². The summed E-state index contributed by atoms with van der Waals surface area (Å²) in [5, 5.41) is 25.0. The van der Waals surface area contributed by atoms with Gasteiger partial charge in [-0.05, 0) is 25.8 Å². The normalized spacial score (nSPS) is 14.3. The second-order valence-corrected chi connectivity index (χ2v) is 7.55. The van der Waals surface area contributed by atoms with Crippen LogP contribution in [-0.2, 0) is 30.4 Å². The van der Waals surface area contributed by atoms with Crippen molar-refractivity contribution in [3.63, 3.8) is 0 Å². The van der Waals surface area contributed by atoms with E-state index < -0.39 is 66.8 Å². The lowest BCUT2D eigenvalue weighted by Gasteiger charge is -2.24. The van der Waals surface area contributed by atoms with Gasteiger partial charge in [0.05, 0.1) is 25.4 Å². The van der Waals surface area contributed by atoms with E-state index in [2.05, 4.69) is 25.9 Å². The molecule has 1 aromatic heterocycles. The number of hydrogen-bond acceptors (Lipinski definition) is 9. The number of aromatic nitrogens is 2. The number of H-pyrrole nitrogens is 1. The highest BCUT2D eigenvalue weighted by atomic mass is 16.4. The van der Waals surface area contributed by atoms with Gasteiger partial charge < -0.3 is 48.3 Å². The van der Waals surface area contributed by atoms with Crippen LogP contribution in [0.25, 0.3) is 0 Å².